The maximum absolute atomic E-state index is 6.48. The van der Waals surface area contributed by atoms with E-state index in [0.29, 0.717) is 25.4 Å². The largest absolute Gasteiger partial charge is 0.356 e. The first kappa shape index (κ1) is 26.6. The van der Waals surface area contributed by atoms with Crippen LogP contribution in [0.2, 0.25) is 5.02 Å². The van der Waals surface area contributed by atoms with Crippen molar-refractivity contribution in [3.63, 3.8) is 0 Å². The Balaban J connectivity index is 0.00000450. The molecule has 1 heterocycles. The monoisotopic (exact) mass is 548 g/mol. The number of nitrogens with one attached hydrogen (secondary N) is 2. The van der Waals surface area contributed by atoms with Gasteiger partial charge in [0.2, 0.25) is 5.89 Å². The summed E-state index contributed by atoms with van der Waals surface area (Å²) >= 11 is 6.48. The summed E-state index contributed by atoms with van der Waals surface area (Å²) in [5.74, 6) is 2.37. The fraction of sp³-hybridized carbons (Fsp3) is 0.571. The molecule has 0 aliphatic rings. The minimum absolute atomic E-state index is 0. The highest BCUT2D eigenvalue weighted by Gasteiger charge is 2.20. The van der Waals surface area contributed by atoms with Crippen LogP contribution < -0.4 is 10.6 Å². The van der Waals surface area contributed by atoms with Gasteiger partial charge in [0.1, 0.15) is 0 Å². The van der Waals surface area contributed by atoms with Crippen molar-refractivity contribution in [2.45, 2.75) is 46.1 Å². The highest BCUT2D eigenvalue weighted by molar-refractivity contribution is 14.0. The van der Waals surface area contributed by atoms with Crippen molar-refractivity contribution < 1.29 is 4.52 Å². The van der Waals surface area contributed by atoms with Crippen molar-refractivity contribution in [2.24, 2.45) is 4.99 Å². The summed E-state index contributed by atoms with van der Waals surface area (Å²) in [4.78, 5) is 11.1. The molecule has 168 valence electrons. The van der Waals surface area contributed by atoms with Crippen LogP contribution in [0.3, 0.4) is 0 Å². The van der Waals surface area contributed by atoms with Crippen LogP contribution in [0.25, 0.3) is 0 Å². The molecule has 0 fully saturated rings. The molecular weight excluding hydrogens is 515 g/mol. The molecule has 1 unspecified atom stereocenters. The average molecular weight is 549 g/mol. The van der Waals surface area contributed by atoms with Gasteiger partial charge >= 0.3 is 0 Å². The van der Waals surface area contributed by atoms with Crippen LogP contribution in [0.4, 0.5) is 0 Å². The van der Waals surface area contributed by atoms with Crippen LogP contribution >= 0.6 is 35.6 Å². The molecule has 2 N–H and O–H groups in total. The summed E-state index contributed by atoms with van der Waals surface area (Å²) in [6.07, 6.45) is 0.643. The molecule has 2 aromatic rings. The van der Waals surface area contributed by atoms with Crippen molar-refractivity contribution in [1.29, 1.82) is 0 Å². The summed E-state index contributed by atoms with van der Waals surface area (Å²) in [5.41, 5.74) is 1.12. The smallest absolute Gasteiger partial charge is 0.228 e. The zero-order valence-electron chi connectivity index (χ0n) is 18.5. The molecule has 0 radical (unpaired) electrons. The SMILES string of the molecule is CCN(CC)C(CNC(=NC)NCCc1nc(C(C)C)no1)c1ccccc1Cl.I. The summed E-state index contributed by atoms with van der Waals surface area (Å²) in [6, 6.07) is 8.17. The van der Waals surface area contributed by atoms with E-state index >= 15 is 0 Å². The molecule has 30 heavy (non-hydrogen) atoms. The van der Waals surface area contributed by atoms with Crippen molar-refractivity contribution in [3.05, 3.63) is 46.6 Å². The van der Waals surface area contributed by atoms with E-state index in [1.54, 1.807) is 7.05 Å². The molecule has 1 atom stereocenters. The quantitative estimate of drug-likeness (QED) is 0.263. The third-order valence-corrected chi connectivity index (χ3v) is 5.18. The van der Waals surface area contributed by atoms with E-state index in [0.717, 1.165) is 35.5 Å². The summed E-state index contributed by atoms with van der Waals surface area (Å²) in [5, 5.41) is 11.5. The number of aliphatic imine (C=N–C) groups is 1. The fourth-order valence-electron chi connectivity index (χ4n) is 3.15. The van der Waals surface area contributed by atoms with Gasteiger partial charge in [-0.25, -0.2) is 0 Å². The van der Waals surface area contributed by atoms with Crippen molar-refractivity contribution >= 4 is 41.5 Å². The van der Waals surface area contributed by atoms with Gasteiger partial charge in [-0.15, -0.1) is 24.0 Å². The third kappa shape index (κ3) is 7.70. The number of hydrogen-bond acceptors (Lipinski definition) is 5. The lowest BCUT2D eigenvalue weighted by Crippen LogP contribution is -2.43. The fourth-order valence-corrected chi connectivity index (χ4v) is 3.41. The molecule has 7 nitrogen and oxygen atoms in total. The van der Waals surface area contributed by atoms with Gasteiger partial charge < -0.3 is 15.2 Å². The van der Waals surface area contributed by atoms with E-state index < -0.39 is 0 Å². The van der Waals surface area contributed by atoms with Gasteiger partial charge in [0.15, 0.2) is 11.8 Å². The van der Waals surface area contributed by atoms with Crippen molar-refractivity contribution in [1.82, 2.24) is 25.7 Å². The van der Waals surface area contributed by atoms with E-state index in [1.807, 2.05) is 32.0 Å². The topological polar surface area (TPSA) is 78.6 Å². The van der Waals surface area contributed by atoms with Crippen LogP contribution in [-0.2, 0) is 6.42 Å². The lowest BCUT2D eigenvalue weighted by molar-refractivity contribution is 0.219. The Morgan fingerprint density at radius 1 is 1.20 bits per heavy atom. The zero-order valence-corrected chi connectivity index (χ0v) is 21.6. The molecule has 1 aromatic carbocycles. The molecule has 2 rings (SSSR count). The molecule has 0 saturated carbocycles. The number of rotatable bonds is 10. The maximum Gasteiger partial charge on any atom is 0.228 e. The van der Waals surface area contributed by atoms with E-state index in [4.69, 9.17) is 16.1 Å². The third-order valence-electron chi connectivity index (χ3n) is 4.84. The number of likely N-dealkylation sites (N-methyl/N-ethyl adjacent to an activating group) is 1. The van der Waals surface area contributed by atoms with Crippen LogP contribution in [0, 0.1) is 0 Å². The first-order chi connectivity index (χ1) is 14.0. The first-order valence-corrected chi connectivity index (χ1v) is 10.6. The van der Waals surface area contributed by atoms with Gasteiger partial charge in [-0.2, -0.15) is 4.98 Å². The average Bonchev–Trinajstić information content (AvgIpc) is 3.19. The lowest BCUT2D eigenvalue weighted by Gasteiger charge is -2.31. The van der Waals surface area contributed by atoms with Crippen LogP contribution in [0.15, 0.2) is 33.8 Å². The Hall–Kier alpha value is -1.39. The van der Waals surface area contributed by atoms with Gasteiger partial charge in [-0.3, -0.25) is 9.89 Å². The summed E-state index contributed by atoms with van der Waals surface area (Å²) in [6.45, 7) is 11.6. The number of aromatic nitrogens is 2. The Morgan fingerprint density at radius 3 is 2.47 bits per heavy atom. The maximum atomic E-state index is 6.48. The van der Waals surface area contributed by atoms with Gasteiger partial charge in [0, 0.05) is 37.5 Å². The molecule has 0 aliphatic carbocycles. The molecule has 0 bridgehead atoms. The van der Waals surface area contributed by atoms with E-state index in [-0.39, 0.29) is 35.9 Å². The van der Waals surface area contributed by atoms with Gasteiger partial charge in [-0.1, -0.05) is 62.7 Å². The van der Waals surface area contributed by atoms with Crippen molar-refractivity contribution in [3.8, 4) is 0 Å². The molecule has 0 saturated heterocycles. The molecule has 0 spiro atoms. The van der Waals surface area contributed by atoms with E-state index in [2.05, 4.69) is 50.6 Å². The summed E-state index contributed by atoms with van der Waals surface area (Å²) in [7, 11) is 1.76. The number of hydrogen-bond donors (Lipinski definition) is 2. The molecule has 0 amide bonds. The highest BCUT2D eigenvalue weighted by Crippen LogP contribution is 2.26. The molecule has 9 heteroatoms. The van der Waals surface area contributed by atoms with Gasteiger partial charge in [0.05, 0.1) is 6.04 Å². The molecule has 1 aromatic heterocycles. The number of benzene rings is 1. The highest BCUT2D eigenvalue weighted by atomic mass is 127. The predicted molar refractivity (Wildman–Crippen MR) is 134 cm³/mol. The van der Waals surface area contributed by atoms with Crippen LogP contribution in [-0.4, -0.2) is 54.2 Å². The summed E-state index contributed by atoms with van der Waals surface area (Å²) < 4.78 is 5.29. The van der Waals surface area contributed by atoms with Crippen LogP contribution in [0.1, 0.15) is 56.9 Å². The van der Waals surface area contributed by atoms with E-state index in [9.17, 15) is 0 Å². The first-order valence-electron chi connectivity index (χ1n) is 10.3. The number of halogens is 2. The minimum atomic E-state index is 0. The second-order valence-corrected chi connectivity index (χ2v) is 7.50. The second kappa shape index (κ2) is 13.8. The Bertz CT molecular complexity index is 778. The van der Waals surface area contributed by atoms with Crippen LogP contribution in [0.5, 0.6) is 0 Å². The normalized spacial score (nSPS) is 12.7. The van der Waals surface area contributed by atoms with Crippen molar-refractivity contribution in [2.75, 3.05) is 33.2 Å². The van der Waals surface area contributed by atoms with Gasteiger partial charge in [-0.05, 0) is 24.7 Å². The lowest BCUT2D eigenvalue weighted by atomic mass is 10.0. The predicted octanol–water partition coefficient (Wildman–Crippen LogP) is 4.26. The Labute approximate surface area is 202 Å². The number of guanidine groups is 1. The zero-order chi connectivity index (χ0) is 21.2. The van der Waals surface area contributed by atoms with Gasteiger partial charge in [0.25, 0.3) is 0 Å². The Kier molecular flexibility index (Phi) is 12.3. The minimum Gasteiger partial charge on any atom is -0.356 e. The second-order valence-electron chi connectivity index (χ2n) is 7.09. The number of nitrogens with zero attached hydrogens (tertiary/aromatic N) is 4. The standard InChI is InChI=1S/C21H33ClN6O.HI/c1-6-28(7-2)18(16-10-8-9-11-17(16)22)14-25-21(23-5)24-13-12-19-26-20(15(3)4)27-29-19;/h8-11,15,18H,6-7,12-14H2,1-5H3,(H2,23,24,25);1H. The Morgan fingerprint density at radius 2 is 1.90 bits per heavy atom. The van der Waals surface area contributed by atoms with E-state index in [1.165, 1.54) is 0 Å². The molecular formula is C21H34ClIN6O. The molecule has 0 aliphatic heterocycles.